The Bertz CT molecular complexity index is 1200. The molecule has 4 rings (SSSR count). The van der Waals surface area contributed by atoms with Crippen LogP contribution in [0.2, 0.25) is 5.02 Å². The van der Waals surface area contributed by atoms with Gasteiger partial charge in [0.1, 0.15) is 10.6 Å². The van der Waals surface area contributed by atoms with Gasteiger partial charge in [0, 0.05) is 29.1 Å². The summed E-state index contributed by atoms with van der Waals surface area (Å²) in [6.45, 7) is 0. The van der Waals surface area contributed by atoms with Gasteiger partial charge in [-0.2, -0.15) is 0 Å². The summed E-state index contributed by atoms with van der Waals surface area (Å²) in [5, 5.41) is 8.24. The maximum absolute atomic E-state index is 12.9. The van der Waals surface area contributed by atoms with Gasteiger partial charge in [-0.15, -0.1) is 22.7 Å². The van der Waals surface area contributed by atoms with Gasteiger partial charge < -0.3 is 5.32 Å². The molecule has 4 aromatic rings. The molecule has 28 heavy (non-hydrogen) atoms. The van der Waals surface area contributed by atoms with Gasteiger partial charge in [0.25, 0.3) is 5.56 Å². The molecule has 0 atom stereocenters. The van der Waals surface area contributed by atoms with E-state index in [-0.39, 0.29) is 17.2 Å². The minimum Gasteiger partial charge on any atom is -0.310 e. The number of thioether (sulfide) groups is 1. The number of hydrogen-bond donors (Lipinski definition) is 1. The summed E-state index contributed by atoms with van der Waals surface area (Å²) in [4.78, 5) is 35.4. The Morgan fingerprint density at radius 3 is 2.89 bits per heavy atom. The predicted octanol–water partition coefficient (Wildman–Crippen LogP) is 4.50. The van der Waals surface area contributed by atoms with Crippen molar-refractivity contribution in [2.75, 3.05) is 11.1 Å². The first-order valence-corrected chi connectivity index (χ1v) is 11.2. The number of hydrogen-bond acceptors (Lipinski definition) is 7. The molecule has 0 aliphatic rings. The maximum Gasteiger partial charge on any atom is 0.263 e. The fraction of sp³-hybridized carbons (Fsp3) is 0.111. The quantitative estimate of drug-likeness (QED) is 0.359. The molecular formula is C18H13ClN4O2S3. The molecule has 1 N–H and O–H groups in total. The molecule has 1 amide bonds. The van der Waals surface area contributed by atoms with E-state index in [1.165, 1.54) is 33.9 Å². The van der Waals surface area contributed by atoms with E-state index >= 15 is 0 Å². The van der Waals surface area contributed by atoms with Crippen molar-refractivity contribution in [2.45, 2.75) is 5.16 Å². The molecule has 0 fully saturated rings. The van der Waals surface area contributed by atoms with E-state index in [2.05, 4.69) is 15.3 Å². The monoisotopic (exact) mass is 448 g/mol. The van der Waals surface area contributed by atoms with Crippen LogP contribution in [0.15, 0.2) is 51.2 Å². The fourth-order valence-corrected chi connectivity index (χ4v) is 5.24. The van der Waals surface area contributed by atoms with Crippen molar-refractivity contribution in [3.8, 4) is 10.4 Å². The van der Waals surface area contributed by atoms with Crippen molar-refractivity contribution in [2.24, 2.45) is 7.05 Å². The van der Waals surface area contributed by atoms with Gasteiger partial charge >= 0.3 is 0 Å². The lowest BCUT2D eigenvalue weighted by atomic mass is 10.2. The second kappa shape index (κ2) is 8.04. The Labute approximate surface area is 177 Å². The highest BCUT2D eigenvalue weighted by molar-refractivity contribution is 7.99. The number of fused-ring (bicyclic) bond motifs is 1. The van der Waals surface area contributed by atoms with Gasteiger partial charge in [0.15, 0.2) is 5.16 Å². The molecule has 4 heterocycles. The van der Waals surface area contributed by atoms with E-state index in [1.807, 2.05) is 22.9 Å². The molecule has 6 nitrogen and oxygen atoms in total. The first-order valence-electron chi connectivity index (χ1n) is 8.09. The Morgan fingerprint density at radius 1 is 1.32 bits per heavy atom. The number of rotatable bonds is 5. The summed E-state index contributed by atoms with van der Waals surface area (Å²) < 4.78 is 1.49. The van der Waals surface area contributed by atoms with Crippen LogP contribution in [0.1, 0.15) is 0 Å². The number of pyridine rings is 1. The molecule has 0 unspecified atom stereocenters. The average Bonchev–Trinajstić information content (AvgIpc) is 3.35. The van der Waals surface area contributed by atoms with Crippen LogP contribution >= 0.6 is 46.0 Å². The second-order valence-electron chi connectivity index (χ2n) is 5.76. The summed E-state index contributed by atoms with van der Waals surface area (Å²) in [6, 6.07) is 7.23. The van der Waals surface area contributed by atoms with Crippen LogP contribution in [-0.2, 0) is 11.8 Å². The summed E-state index contributed by atoms with van der Waals surface area (Å²) in [5.41, 5.74) is 0.795. The normalized spacial score (nSPS) is 11.1. The standard InChI is InChI=1S/C18H13ClN4O2S3/c1-23-17(25)15-11(12-3-2-6-26-12)8-27-16(15)22-18(23)28-9-14(24)21-13-5-4-10(19)7-20-13/h2-8H,9H2,1H3,(H,20,21,24). The number of thiophene rings is 2. The van der Waals surface area contributed by atoms with Crippen LogP contribution in [0.3, 0.4) is 0 Å². The van der Waals surface area contributed by atoms with Crippen molar-refractivity contribution in [3.63, 3.8) is 0 Å². The summed E-state index contributed by atoms with van der Waals surface area (Å²) >= 11 is 10.0. The number of carbonyl (C=O) groups excluding carboxylic acids is 1. The maximum atomic E-state index is 12.9. The van der Waals surface area contributed by atoms with Crippen LogP contribution in [0.4, 0.5) is 5.82 Å². The van der Waals surface area contributed by atoms with E-state index in [0.29, 0.717) is 26.2 Å². The number of carbonyl (C=O) groups is 1. The minimum atomic E-state index is -0.236. The van der Waals surface area contributed by atoms with E-state index in [4.69, 9.17) is 11.6 Å². The zero-order valence-corrected chi connectivity index (χ0v) is 17.7. The van der Waals surface area contributed by atoms with Gasteiger partial charge in [-0.3, -0.25) is 14.2 Å². The van der Waals surface area contributed by atoms with Crippen molar-refractivity contribution >= 4 is 68.0 Å². The number of anilines is 1. The molecule has 142 valence electrons. The molecule has 0 spiro atoms. The van der Waals surface area contributed by atoms with Crippen molar-refractivity contribution < 1.29 is 4.79 Å². The van der Waals surface area contributed by atoms with Crippen molar-refractivity contribution in [3.05, 3.63) is 56.6 Å². The third kappa shape index (κ3) is 3.83. The Hall–Kier alpha value is -2.20. The summed E-state index contributed by atoms with van der Waals surface area (Å²) in [7, 11) is 1.67. The third-order valence-electron chi connectivity index (χ3n) is 3.89. The molecule has 0 aliphatic carbocycles. The molecule has 0 bridgehead atoms. The molecule has 4 aromatic heterocycles. The lowest BCUT2D eigenvalue weighted by Crippen LogP contribution is -2.21. The molecule has 0 aliphatic heterocycles. The fourth-order valence-electron chi connectivity index (χ4n) is 2.55. The highest BCUT2D eigenvalue weighted by Crippen LogP contribution is 2.34. The minimum absolute atomic E-state index is 0.110. The SMILES string of the molecule is Cn1c(SCC(=O)Nc2ccc(Cl)cn2)nc2scc(-c3cccs3)c2c1=O. The summed E-state index contributed by atoms with van der Waals surface area (Å²) in [6.07, 6.45) is 1.46. The lowest BCUT2D eigenvalue weighted by molar-refractivity contribution is -0.113. The third-order valence-corrected chi connectivity index (χ3v) is 6.92. The predicted molar refractivity (Wildman–Crippen MR) is 117 cm³/mol. The zero-order valence-electron chi connectivity index (χ0n) is 14.5. The highest BCUT2D eigenvalue weighted by atomic mass is 35.5. The average molecular weight is 449 g/mol. The summed E-state index contributed by atoms with van der Waals surface area (Å²) in [5.74, 6) is 0.296. The molecule has 0 aromatic carbocycles. The van der Waals surface area contributed by atoms with Crippen molar-refractivity contribution in [1.82, 2.24) is 14.5 Å². The molecule has 0 radical (unpaired) electrons. The van der Waals surface area contributed by atoms with E-state index in [9.17, 15) is 9.59 Å². The van der Waals surface area contributed by atoms with Gasteiger partial charge in [0.05, 0.1) is 16.2 Å². The van der Waals surface area contributed by atoms with Gasteiger partial charge in [-0.25, -0.2) is 9.97 Å². The van der Waals surface area contributed by atoms with Gasteiger partial charge in [0.2, 0.25) is 5.91 Å². The number of halogens is 1. The smallest absolute Gasteiger partial charge is 0.263 e. The molecule has 0 saturated heterocycles. The number of nitrogens with one attached hydrogen (secondary N) is 1. The molecule has 0 saturated carbocycles. The van der Waals surface area contributed by atoms with E-state index < -0.39 is 0 Å². The van der Waals surface area contributed by atoms with Crippen LogP contribution in [0.25, 0.3) is 20.7 Å². The highest BCUT2D eigenvalue weighted by Gasteiger charge is 2.17. The van der Waals surface area contributed by atoms with Gasteiger partial charge in [-0.1, -0.05) is 29.4 Å². The Kier molecular flexibility index (Phi) is 5.49. The van der Waals surface area contributed by atoms with Crippen LogP contribution in [0, 0.1) is 0 Å². The van der Waals surface area contributed by atoms with Crippen LogP contribution in [-0.4, -0.2) is 26.2 Å². The largest absolute Gasteiger partial charge is 0.310 e. The van der Waals surface area contributed by atoms with E-state index in [1.54, 1.807) is 30.5 Å². The van der Waals surface area contributed by atoms with Crippen molar-refractivity contribution in [1.29, 1.82) is 0 Å². The second-order valence-corrected chi connectivity index (χ2v) is 8.95. The van der Waals surface area contributed by atoms with Gasteiger partial charge in [-0.05, 0) is 23.6 Å². The Morgan fingerprint density at radius 2 is 2.18 bits per heavy atom. The van der Waals surface area contributed by atoms with Crippen LogP contribution < -0.4 is 10.9 Å². The topological polar surface area (TPSA) is 76.9 Å². The number of amides is 1. The Balaban J connectivity index is 1.54. The molecular weight excluding hydrogens is 436 g/mol. The first kappa shape index (κ1) is 19.1. The number of nitrogens with zero attached hydrogens (tertiary/aromatic N) is 3. The zero-order chi connectivity index (χ0) is 19.7. The van der Waals surface area contributed by atoms with E-state index in [0.717, 1.165) is 10.4 Å². The lowest BCUT2D eigenvalue weighted by Gasteiger charge is -2.08. The first-order chi connectivity index (χ1) is 13.5. The molecule has 10 heteroatoms. The number of aromatic nitrogens is 3. The van der Waals surface area contributed by atoms with Crippen LogP contribution in [0.5, 0.6) is 0 Å².